The van der Waals surface area contributed by atoms with E-state index >= 15 is 0 Å². The lowest BCUT2D eigenvalue weighted by Crippen LogP contribution is -2.54. The van der Waals surface area contributed by atoms with Crippen molar-refractivity contribution in [2.75, 3.05) is 18.0 Å². The first-order chi connectivity index (χ1) is 7.66. The van der Waals surface area contributed by atoms with Crippen LogP contribution in [0.1, 0.15) is 12.5 Å². The Morgan fingerprint density at radius 2 is 2.12 bits per heavy atom. The Morgan fingerprint density at radius 1 is 1.31 bits per heavy atom. The lowest BCUT2D eigenvalue weighted by Gasteiger charge is -2.38. The second-order valence-corrected chi connectivity index (χ2v) is 5.50. The van der Waals surface area contributed by atoms with Gasteiger partial charge >= 0.3 is 0 Å². The summed E-state index contributed by atoms with van der Waals surface area (Å²) in [4.78, 5) is 2.46. The van der Waals surface area contributed by atoms with Crippen LogP contribution in [-0.4, -0.2) is 25.2 Å². The molecule has 1 fully saturated rings. The van der Waals surface area contributed by atoms with Gasteiger partial charge in [-0.3, -0.25) is 0 Å². The Hall–Kier alpha value is -0.440. The molecule has 0 amide bonds. The monoisotopic (exact) mass is 256 g/mol. The fraction of sp³-hybridized carbons (Fsp3) is 0.500. The van der Waals surface area contributed by atoms with Crippen LogP contribution in [-0.2, 0) is 6.42 Å². The molecule has 3 rings (SSSR count). The topological polar surface area (TPSA) is 15.3 Å². The second-order valence-electron chi connectivity index (χ2n) is 4.66. The first-order valence-electron chi connectivity index (χ1n) is 5.64. The summed E-state index contributed by atoms with van der Waals surface area (Å²) in [6, 6.07) is 4.94. The molecule has 0 unspecified atom stereocenters. The van der Waals surface area contributed by atoms with Gasteiger partial charge in [-0.1, -0.05) is 23.2 Å². The molecular weight excluding hydrogens is 243 g/mol. The van der Waals surface area contributed by atoms with Crippen LogP contribution >= 0.6 is 23.2 Å². The minimum Gasteiger partial charge on any atom is -0.363 e. The van der Waals surface area contributed by atoms with Crippen molar-refractivity contribution < 1.29 is 0 Å². The SMILES string of the molecule is C[C@@H]1CNC[C@H]2Cc3c(Cl)cc(Cl)cc3N21. The zero-order valence-electron chi connectivity index (χ0n) is 9.13. The summed E-state index contributed by atoms with van der Waals surface area (Å²) in [5.74, 6) is 0. The van der Waals surface area contributed by atoms with Crippen LogP contribution in [0.15, 0.2) is 12.1 Å². The molecule has 2 heterocycles. The maximum Gasteiger partial charge on any atom is 0.0474 e. The van der Waals surface area contributed by atoms with Crippen molar-refractivity contribution in [2.45, 2.75) is 25.4 Å². The molecule has 2 nitrogen and oxygen atoms in total. The Balaban J connectivity index is 2.10. The van der Waals surface area contributed by atoms with Gasteiger partial charge < -0.3 is 10.2 Å². The maximum absolute atomic E-state index is 6.26. The zero-order chi connectivity index (χ0) is 11.3. The molecule has 2 atom stereocenters. The van der Waals surface area contributed by atoms with E-state index in [0.29, 0.717) is 12.1 Å². The van der Waals surface area contributed by atoms with Gasteiger partial charge in [0.2, 0.25) is 0 Å². The van der Waals surface area contributed by atoms with E-state index < -0.39 is 0 Å². The van der Waals surface area contributed by atoms with Gasteiger partial charge in [0, 0.05) is 40.9 Å². The van der Waals surface area contributed by atoms with Crippen LogP contribution in [0.5, 0.6) is 0 Å². The summed E-state index contributed by atoms with van der Waals surface area (Å²) in [5.41, 5.74) is 2.49. The van der Waals surface area contributed by atoms with Crippen molar-refractivity contribution >= 4 is 28.9 Å². The third-order valence-electron chi connectivity index (χ3n) is 3.54. The quantitative estimate of drug-likeness (QED) is 0.768. The number of nitrogens with one attached hydrogen (secondary N) is 1. The fourth-order valence-corrected chi connectivity index (χ4v) is 3.44. The molecule has 1 aromatic carbocycles. The summed E-state index contributed by atoms with van der Waals surface area (Å²) >= 11 is 12.3. The highest BCUT2D eigenvalue weighted by Crippen LogP contribution is 2.40. The second kappa shape index (κ2) is 3.80. The highest BCUT2D eigenvalue weighted by atomic mass is 35.5. The molecule has 1 aromatic rings. The number of hydrogen-bond donors (Lipinski definition) is 1. The first-order valence-corrected chi connectivity index (χ1v) is 6.39. The predicted octanol–water partition coefficient (Wildman–Crippen LogP) is 2.72. The molecule has 4 heteroatoms. The van der Waals surface area contributed by atoms with Crippen molar-refractivity contribution in [3.8, 4) is 0 Å². The molecule has 2 aliphatic heterocycles. The number of fused-ring (bicyclic) bond motifs is 3. The van der Waals surface area contributed by atoms with Gasteiger partial charge in [-0.05, 0) is 31.0 Å². The van der Waals surface area contributed by atoms with E-state index in [-0.39, 0.29) is 0 Å². The van der Waals surface area contributed by atoms with E-state index in [0.717, 1.165) is 29.6 Å². The molecule has 16 heavy (non-hydrogen) atoms. The average molecular weight is 257 g/mol. The first kappa shape index (κ1) is 10.7. The maximum atomic E-state index is 6.26. The molecule has 86 valence electrons. The number of benzene rings is 1. The standard InChI is InChI=1S/C12H14Cl2N2/c1-7-5-15-6-9-4-10-11(14)2-8(13)3-12(10)16(7)9/h2-3,7,9,15H,4-6H2,1H3/t7-,9-/m1/s1. The highest BCUT2D eigenvalue weighted by Gasteiger charge is 2.36. The Bertz CT molecular complexity index is 433. The van der Waals surface area contributed by atoms with Crippen molar-refractivity contribution in [1.82, 2.24) is 5.32 Å². The number of piperazine rings is 1. The molecule has 0 spiro atoms. The number of anilines is 1. The summed E-state index contributed by atoms with van der Waals surface area (Å²) in [5, 5.41) is 5.00. The molecule has 2 aliphatic rings. The minimum atomic E-state index is 0.509. The van der Waals surface area contributed by atoms with Crippen LogP contribution in [0.4, 0.5) is 5.69 Å². The molecule has 0 saturated carbocycles. The summed E-state index contributed by atoms with van der Waals surface area (Å²) in [6.45, 7) is 4.30. The third kappa shape index (κ3) is 1.52. The van der Waals surface area contributed by atoms with Crippen molar-refractivity contribution in [3.05, 3.63) is 27.7 Å². The van der Waals surface area contributed by atoms with Gasteiger partial charge in [-0.25, -0.2) is 0 Å². The van der Waals surface area contributed by atoms with Gasteiger partial charge in [0.15, 0.2) is 0 Å². The van der Waals surface area contributed by atoms with Gasteiger partial charge in [0.25, 0.3) is 0 Å². The van der Waals surface area contributed by atoms with E-state index in [2.05, 4.69) is 17.1 Å². The molecule has 0 bridgehead atoms. The third-order valence-corrected chi connectivity index (χ3v) is 4.10. The Labute approximate surface area is 106 Å². The van der Waals surface area contributed by atoms with Gasteiger partial charge in [0.05, 0.1) is 0 Å². The van der Waals surface area contributed by atoms with Crippen LogP contribution < -0.4 is 10.2 Å². The van der Waals surface area contributed by atoms with Gasteiger partial charge in [0.1, 0.15) is 0 Å². The number of nitrogens with zero attached hydrogens (tertiary/aromatic N) is 1. The predicted molar refractivity (Wildman–Crippen MR) is 68.8 cm³/mol. The fourth-order valence-electron chi connectivity index (χ4n) is 2.88. The normalized spacial score (nSPS) is 27.8. The van der Waals surface area contributed by atoms with E-state index in [9.17, 15) is 0 Å². The van der Waals surface area contributed by atoms with Crippen molar-refractivity contribution in [2.24, 2.45) is 0 Å². The van der Waals surface area contributed by atoms with Crippen LogP contribution in [0, 0.1) is 0 Å². The van der Waals surface area contributed by atoms with Crippen molar-refractivity contribution in [1.29, 1.82) is 0 Å². The van der Waals surface area contributed by atoms with Crippen LogP contribution in [0.25, 0.3) is 0 Å². The average Bonchev–Trinajstić information content (AvgIpc) is 2.58. The lowest BCUT2D eigenvalue weighted by atomic mass is 10.1. The number of rotatable bonds is 0. The Morgan fingerprint density at radius 3 is 2.94 bits per heavy atom. The smallest absolute Gasteiger partial charge is 0.0474 e. The van der Waals surface area contributed by atoms with Crippen LogP contribution in [0.2, 0.25) is 10.0 Å². The van der Waals surface area contributed by atoms with Crippen molar-refractivity contribution in [3.63, 3.8) is 0 Å². The Kier molecular flexibility index (Phi) is 2.54. The summed E-state index contributed by atoms with van der Waals surface area (Å²) in [6.07, 6.45) is 1.03. The molecule has 1 N–H and O–H groups in total. The van der Waals surface area contributed by atoms with E-state index in [4.69, 9.17) is 23.2 Å². The van der Waals surface area contributed by atoms with E-state index in [1.807, 2.05) is 12.1 Å². The van der Waals surface area contributed by atoms with E-state index in [1.54, 1.807) is 0 Å². The molecule has 0 aliphatic carbocycles. The largest absolute Gasteiger partial charge is 0.363 e. The van der Waals surface area contributed by atoms with Gasteiger partial charge in [-0.2, -0.15) is 0 Å². The van der Waals surface area contributed by atoms with Gasteiger partial charge in [-0.15, -0.1) is 0 Å². The number of halogens is 2. The summed E-state index contributed by atoms with van der Waals surface area (Å²) in [7, 11) is 0. The van der Waals surface area contributed by atoms with E-state index in [1.165, 1.54) is 11.3 Å². The summed E-state index contributed by atoms with van der Waals surface area (Å²) < 4.78 is 0. The number of hydrogen-bond acceptors (Lipinski definition) is 2. The zero-order valence-corrected chi connectivity index (χ0v) is 10.6. The highest BCUT2D eigenvalue weighted by molar-refractivity contribution is 6.35. The minimum absolute atomic E-state index is 0.509. The molecule has 0 radical (unpaired) electrons. The lowest BCUT2D eigenvalue weighted by molar-refractivity contribution is 0.430. The molecule has 1 saturated heterocycles. The molecule has 0 aromatic heterocycles. The van der Waals surface area contributed by atoms with Crippen LogP contribution in [0.3, 0.4) is 0 Å². The molecular formula is C12H14Cl2N2.